The number of nitrogens with one attached hydrogen (secondary N) is 1. The van der Waals surface area contributed by atoms with Gasteiger partial charge in [0.15, 0.2) is 0 Å². The quantitative estimate of drug-likeness (QED) is 0.410. The van der Waals surface area contributed by atoms with Gasteiger partial charge in [-0.2, -0.15) is 0 Å². The molecule has 0 spiro atoms. The normalized spacial score (nSPS) is 12.1. The van der Waals surface area contributed by atoms with E-state index in [1.807, 2.05) is 57.2 Å². The van der Waals surface area contributed by atoms with Crippen LogP contribution in [0.25, 0.3) is 0 Å². The van der Waals surface area contributed by atoms with Crippen molar-refractivity contribution < 1.29 is 18.0 Å². The molecule has 8 heteroatoms. The number of amides is 2. The Hall–Kier alpha value is -3.65. The van der Waals surface area contributed by atoms with Gasteiger partial charge in [0.25, 0.3) is 10.0 Å². The van der Waals surface area contributed by atoms with Crippen molar-refractivity contribution >= 4 is 27.5 Å². The Kier molecular flexibility index (Phi) is 9.47. The van der Waals surface area contributed by atoms with Crippen molar-refractivity contribution in [3.05, 3.63) is 96.1 Å². The predicted molar refractivity (Wildman–Crippen MR) is 147 cm³/mol. The SMILES string of the molecule is Cc1cccc(N(CC(=O)N(CCc2ccccc2)[C@H](C)C(=O)NC(C)C)S(=O)(=O)c2ccccc2)c1. The third kappa shape index (κ3) is 7.43. The minimum atomic E-state index is -4.05. The molecule has 3 aromatic carbocycles. The monoisotopic (exact) mass is 521 g/mol. The Morgan fingerprint density at radius 1 is 0.865 bits per heavy atom. The summed E-state index contributed by atoms with van der Waals surface area (Å²) in [4.78, 5) is 28.2. The van der Waals surface area contributed by atoms with Crippen LogP contribution in [-0.4, -0.2) is 50.3 Å². The Morgan fingerprint density at radius 3 is 2.08 bits per heavy atom. The average Bonchev–Trinajstić information content (AvgIpc) is 2.88. The van der Waals surface area contributed by atoms with Gasteiger partial charge in [-0.1, -0.05) is 60.7 Å². The predicted octanol–water partition coefficient (Wildman–Crippen LogP) is 4.17. The summed E-state index contributed by atoms with van der Waals surface area (Å²) in [5, 5.41) is 2.86. The molecular formula is C29H35N3O4S. The molecule has 196 valence electrons. The molecule has 0 aliphatic heterocycles. The van der Waals surface area contributed by atoms with Gasteiger partial charge in [0.1, 0.15) is 12.6 Å². The van der Waals surface area contributed by atoms with Gasteiger partial charge < -0.3 is 10.2 Å². The summed E-state index contributed by atoms with van der Waals surface area (Å²) in [6.45, 7) is 7.07. The van der Waals surface area contributed by atoms with Gasteiger partial charge in [0.2, 0.25) is 11.8 Å². The molecule has 0 unspecified atom stereocenters. The molecular weight excluding hydrogens is 486 g/mol. The first kappa shape index (κ1) is 27.9. The number of anilines is 1. The third-order valence-corrected chi connectivity index (χ3v) is 7.77. The molecule has 37 heavy (non-hydrogen) atoms. The summed E-state index contributed by atoms with van der Waals surface area (Å²) < 4.78 is 28.5. The molecule has 7 nitrogen and oxygen atoms in total. The van der Waals surface area contributed by atoms with Crippen molar-refractivity contribution in [2.75, 3.05) is 17.4 Å². The van der Waals surface area contributed by atoms with Crippen LogP contribution in [0.3, 0.4) is 0 Å². The molecule has 0 fully saturated rings. The summed E-state index contributed by atoms with van der Waals surface area (Å²) in [5.74, 6) is -0.743. The summed E-state index contributed by atoms with van der Waals surface area (Å²) >= 11 is 0. The second kappa shape index (κ2) is 12.5. The van der Waals surface area contributed by atoms with E-state index in [9.17, 15) is 18.0 Å². The number of nitrogens with zero attached hydrogens (tertiary/aromatic N) is 2. The molecule has 0 saturated heterocycles. The van der Waals surface area contributed by atoms with E-state index in [1.165, 1.54) is 17.0 Å². The molecule has 1 atom stereocenters. The van der Waals surface area contributed by atoms with Crippen molar-refractivity contribution in [2.24, 2.45) is 0 Å². The summed E-state index contributed by atoms with van der Waals surface area (Å²) in [5.41, 5.74) is 2.27. The first-order valence-electron chi connectivity index (χ1n) is 12.4. The van der Waals surface area contributed by atoms with E-state index < -0.39 is 28.5 Å². The molecule has 0 radical (unpaired) electrons. The van der Waals surface area contributed by atoms with E-state index in [0.717, 1.165) is 15.4 Å². The number of aryl methyl sites for hydroxylation is 1. The molecule has 3 rings (SSSR count). The zero-order valence-electron chi connectivity index (χ0n) is 21.8. The largest absolute Gasteiger partial charge is 0.352 e. The number of sulfonamides is 1. The zero-order valence-corrected chi connectivity index (χ0v) is 22.6. The van der Waals surface area contributed by atoms with E-state index in [-0.39, 0.29) is 23.4 Å². The van der Waals surface area contributed by atoms with Crippen molar-refractivity contribution in [3.8, 4) is 0 Å². The van der Waals surface area contributed by atoms with Crippen molar-refractivity contribution in [2.45, 2.75) is 51.1 Å². The molecule has 3 aromatic rings. The number of hydrogen-bond acceptors (Lipinski definition) is 4. The first-order valence-corrected chi connectivity index (χ1v) is 13.8. The van der Waals surface area contributed by atoms with Gasteiger partial charge in [-0.15, -0.1) is 0 Å². The van der Waals surface area contributed by atoms with E-state index in [4.69, 9.17) is 0 Å². The highest BCUT2D eigenvalue weighted by atomic mass is 32.2. The Labute approximate surface area is 220 Å². The summed E-state index contributed by atoms with van der Waals surface area (Å²) in [6, 6.07) is 23.9. The van der Waals surface area contributed by atoms with Crippen LogP contribution in [0.2, 0.25) is 0 Å². The van der Waals surface area contributed by atoms with Gasteiger partial charge in [0, 0.05) is 12.6 Å². The number of rotatable bonds is 11. The van der Waals surface area contributed by atoms with Crippen LogP contribution in [0.5, 0.6) is 0 Å². The lowest BCUT2D eigenvalue weighted by Gasteiger charge is -2.32. The second-order valence-electron chi connectivity index (χ2n) is 9.33. The van der Waals surface area contributed by atoms with Crippen molar-refractivity contribution in [3.63, 3.8) is 0 Å². The average molecular weight is 522 g/mol. The minimum absolute atomic E-state index is 0.0886. The highest BCUT2D eigenvalue weighted by Gasteiger charge is 2.32. The van der Waals surface area contributed by atoms with Gasteiger partial charge in [-0.25, -0.2) is 8.42 Å². The van der Waals surface area contributed by atoms with Crippen LogP contribution in [0.1, 0.15) is 31.9 Å². The summed E-state index contributed by atoms with van der Waals surface area (Å²) in [7, 11) is -4.05. The Morgan fingerprint density at radius 2 is 1.49 bits per heavy atom. The van der Waals surface area contributed by atoms with Gasteiger partial charge in [-0.3, -0.25) is 13.9 Å². The molecule has 0 aromatic heterocycles. The van der Waals surface area contributed by atoms with Crippen LogP contribution in [0, 0.1) is 6.92 Å². The number of carbonyl (C=O) groups is 2. The van der Waals surface area contributed by atoms with E-state index in [0.29, 0.717) is 12.1 Å². The van der Waals surface area contributed by atoms with Crippen molar-refractivity contribution in [1.82, 2.24) is 10.2 Å². The highest BCUT2D eigenvalue weighted by molar-refractivity contribution is 7.92. The highest BCUT2D eigenvalue weighted by Crippen LogP contribution is 2.25. The third-order valence-electron chi connectivity index (χ3n) is 5.98. The lowest BCUT2D eigenvalue weighted by Crippen LogP contribution is -2.53. The zero-order chi connectivity index (χ0) is 27.0. The number of benzene rings is 3. The van der Waals surface area contributed by atoms with E-state index >= 15 is 0 Å². The van der Waals surface area contributed by atoms with Crippen LogP contribution >= 0.6 is 0 Å². The van der Waals surface area contributed by atoms with Crippen LogP contribution < -0.4 is 9.62 Å². The van der Waals surface area contributed by atoms with Gasteiger partial charge in [0.05, 0.1) is 10.6 Å². The van der Waals surface area contributed by atoms with Gasteiger partial charge in [-0.05, 0) is 69.5 Å². The van der Waals surface area contributed by atoms with Crippen molar-refractivity contribution in [1.29, 1.82) is 0 Å². The first-order chi connectivity index (χ1) is 17.6. The maximum Gasteiger partial charge on any atom is 0.264 e. The number of carbonyl (C=O) groups excluding carboxylic acids is 2. The van der Waals surface area contributed by atoms with E-state index in [2.05, 4.69) is 5.32 Å². The lowest BCUT2D eigenvalue weighted by atomic mass is 10.1. The molecule has 0 heterocycles. The standard InChI is InChI=1S/C29H35N3O4S/c1-22(2)30-29(34)24(4)31(19-18-25-13-7-5-8-14-25)28(33)21-32(26-15-11-12-23(3)20-26)37(35,36)27-16-9-6-10-17-27/h5-17,20,22,24H,18-19,21H2,1-4H3,(H,30,34)/t24-/m1/s1. The molecule has 0 aliphatic carbocycles. The smallest absolute Gasteiger partial charge is 0.264 e. The maximum atomic E-state index is 13.8. The summed E-state index contributed by atoms with van der Waals surface area (Å²) in [6.07, 6.45) is 0.530. The number of hydrogen-bond donors (Lipinski definition) is 1. The lowest BCUT2D eigenvalue weighted by molar-refractivity contribution is -0.139. The Bertz CT molecular complexity index is 1290. The fraction of sp³-hybridized carbons (Fsp3) is 0.310. The van der Waals surface area contributed by atoms with Crippen LogP contribution in [0.15, 0.2) is 89.8 Å². The molecule has 1 N–H and O–H groups in total. The van der Waals surface area contributed by atoms with Crippen LogP contribution in [0.4, 0.5) is 5.69 Å². The van der Waals surface area contributed by atoms with Gasteiger partial charge >= 0.3 is 0 Å². The topological polar surface area (TPSA) is 86.8 Å². The molecule has 2 amide bonds. The molecule has 0 saturated carbocycles. The second-order valence-corrected chi connectivity index (χ2v) is 11.2. The molecule has 0 bridgehead atoms. The molecule has 0 aliphatic rings. The van der Waals surface area contributed by atoms with E-state index in [1.54, 1.807) is 43.3 Å². The maximum absolute atomic E-state index is 13.8. The minimum Gasteiger partial charge on any atom is -0.352 e. The fourth-order valence-corrected chi connectivity index (χ4v) is 5.43. The van der Waals surface area contributed by atoms with Crippen LogP contribution in [-0.2, 0) is 26.0 Å². The Balaban J connectivity index is 1.96. The fourth-order valence-electron chi connectivity index (χ4n) is 4.01.